The second-order valence-electron chi connectivity index (χ2n) is 5.76. The highest BCUT2D eigenvalue weighted by Gasteiger charge is 2.09. The topological polar surface area (TPSA) is 76.7 Å². The minimum Gasteiger partial charge on any atom is -0.494 e. The summed E-state index contributed by atoms with van der Waals surface area (Å²) < 4.78 is 10.9. The van der Waals surface area contributed by atoms with E-state index < -0.39 is 11.8 Å². The Morgan fingerprint density at radius 1 is 0.889 bits per heavy atom. The minimum absolute atomic E-state index is 0.393. The molecule has 0 atom stereocenters. The molecule has 6 nitrogen and oxygen atoms in total. The fourth-order valence-electron chi connectivity index (χ4n) is 2.15. The summed E-state index contributed by atoms with van der Waals surface area (Å²) in [5.74, 6) is 0.520. The Morgan fingerprint density at radius 2 is 1.37 bits per heavy atom. The lowest BCUT2D eigenvalue weighted by molar-refractivity contribution is 0.0846. The molecule has 142 valence electrons. The van der Waals surface area contributed by atoms with Gasteiger partial charge in [0.05, 0.1) is 6.61 Å². The van der Waals surface area contributed by atoms with Crippen molar-refractivity contribution in [1.29, 1.82) is 0 Å². The van der Waals surface area contributed by atoms with Crippen molar-refractivity contribution in [3.8, 4) is 11.5 Å². The van der Waals surface area contributed by atoms with E-state index in [9.17, 15) is 9.59 Å². The number of amides is 2. The van der Waals surface area contributed by atoms with Gasteiger partial charge in [0.25, 0.3) is 11.8 Å². The standard InChI is InChI=1S/C21H24N2O4/c1-3-5-15-27-19-12-8-17(9-13-19)21(25)23-22-20(24)16-6-10-18(11-7-16)26-14-4-2/h4,6-13H,2-3,5,14-15H2,1H3,(H,22,24)(H,23,25). The van der Waals surface area contributed by atoms with E-state index in [0.717, 1.165) is 12.8 Å². The van der Waals surface area contributed by atoms with Crippen LogP contribution < -0.4 is 20.3 Å². The van der Waals surface area contributed by atoms with Crippen LogP contribution >= 0.6 is 0 Å². The van der Waals surface area contributed by atoms with E-state index in [-0.39, 0.29) is 0 Å². The summed E-state index contributed by atoms with van der Waals surface area (Å²) in [6.07, 6.45) is 3.68. The smallest absolute Gasteiger partial charge is 0.269 e. The first-order valence-electron chi connectivity index (χ1n) is 8.81. The van der Waals surface area contributed by atoms with E-state index in [2.05, 4.69) is 24.4 Å². The highest BCUT2D eigenvalue weighted by molar-refractivity contribution is 5.99. The minimum atomic E-state index is -0.418. The molecule has 0 aliphatic rings. The van der Waals surface area contributed by atoms with Gasteiger partial charge < -0.3 is 9.47 Å². The van der Waals surface area contributed by atoms with Crippen LogP contribution in [0.2, 0.25) is 0 Å². The van der Waals surface area contributed by atoms with Crippen molar-refractivity contribution >= 4 is 11.8 Å². The van der Waals surface area contributed by atoms with E-state index in [1.807, 2.05) is 0 Å². The van der Waals surface area contributed by atoms with Crippen LogP contribution in [0, 0.1) is 0 Å². The predicted molar refractivity (Wildman–Crippen MR) is 104 cm³/mol. The Labute approximate surface area is 159 Å². The molecular formula is C21H24N2O4. The molecule has 2 amide bonds. The van der Waals surface area contributed by atoms with Crippen LogP contribution in [0.5, 0.6) is 11.5 Å². The SMILES string of the molecule is C=CCOc1ccc(C(=O)NNC(=O)c2ccc(OCCCC)cc2)cc1. The monoisotopic (exact) mass is 368 g/mol. The number of hydrogen-bond donors (Lipinski definition) is 2. The Balaban J connectivity index is 1.83. The average molecular weight is 368 g/mol. The molecule has 6 heteroatoms. The Kier molecular flexibility index (Phi) is 7.91. The van der Waals surface area contributed by atoms with Crippen molar-refractivity contribution in [2.45, 2.75) is 19.8 Å². The lowest BCUT2D eigenvalue weighted by Crippen LogP contribution is -2.41. The van der Waals surface area contributed by atoms with Gasteiger partial charge in [0, 0.05) is 11.1 Å². The van der Waals surface area contributed by atoms with E-state index in [0.29, 0.717) is 35.8 Å². The quantitative estimate of drug-likeness (QED) is 0.403. The normalized spacial score (nSPS) is 9.96. The van der Waals surface area contributed by atoms with E-state index in [1.165, 1.54) is 0 Å². The summed E-state index contributed by atoms with van der Waals surface area (Å²) in [7, 11) is 0. The van der Waals surface area contributed by atoms with Crippen LogP contribution in [0.4, 0.5) is 0 Å². The third-order valence-electron chi connectivity index (χ3n) is 3.66. The van der Waals surface area contributed by atoms with Gasteiger partial charge in [-0.3, -0.25) is 20.4 Å². The number of hydrogen-bond acceptors (Lipinski definition) is 4. The van der Waals surface area contributed by atoms with Gasteiger partial charge in [0.1, 0.15) is 18.1 Å². The first-order chi connectivity index (χ1) is 13.1. The highest BCUT2D eigenvalue weighted by Crippen LogP contribution is 2.13. The van der Waals surface area contributed by atoms with Crippen molar-refractivity contribution in [3.05, 3.63) is 72.3 Å². The van der Waals surface area contributed by atoms with E-state index >= 15 is 0 Å². The largest absolute Gasteiger partial charge is 0.494 e. The van der Waals surface area contributed by atoms with Gasteiger partial charge in [-0.25, -0.2) is 0 Å². The molecule has 0 fully saturated rings. The van der Waals surface area contributed by atoms with Crippen molar-refractivity contribution in [2.75, 3.05) is 13.2 Å². The third-order valence-corrected chi connectivity index (χ3v) is 3.66. The number of ether oxygens (including phenoxy) is 2. The molecule has 0 unspecified atom stereocenters. The molecule has 2 rings (SSSR count). The molecule has 2 aromatic rings. The van der Waals surface area contributed by atoms with Crippen LogP contribution in [0.25, 0.3) is 0 Å². The maximum absolute atomic E-state index is 12.1. The molecule has 0 radical (unpaired) electrons. The average Bonchev–Trinajstić information content (AvgIpc) is 2.71. The zero-order chi connectivity index (χ0) is 19.5. The number of hydrazine groups is 1. The molecule has 0 aliphatic heterocycles. The van der Waals surface area contributed by atoms with Gasteiger partial charge in [-0.05, 0) is 55.0 Å². The second kappa shape index (κ2) is 10.7. The molecule has 0 bridgehead atoms. The summed E-state index contributed by atoms with van der Waals surface area (Å²) in [6, 6.07) is 13.3. The highest BCUT2D eigenvalue weighted by atomic mass is 16.5. The zero-order valence-corrected chi connectivity index (χ0v) is 15.4. The van der Waals surface area contributed by atoms with Crippen LogP contribution in [0.3, 0.4) is 0 Å². The Bertz CT molecular complexity index is 755. The molecule has 0 saturated heterocycles. The van der Waals surface area contributed by atoms with Gasteiger partial charge in [-0.15, -0.1) is 0 Å². The van der Waals surface area contributed by atoms with E-state index in [1.54, 1.807) is 54.6 Å². The van der Waals surface area contributed by atoms with Crippen LogP contribution in [-0.4, -0.2) is 25.0 Å². The molecule has 27 heavy (non-hydrogen) atoms. The molecule has 0 heterocycles. The van der Waals surface area contributed by atoms with Crippen molar-refractivity contribution < 1.29 is 19.1 Å². The van der Waals surface area contributed by atoms with Crippen LogP contribution in [0.15, 0.2) is 61.2 Å². The number of carbonyl (C=O) groups is 2. The van der Waals surface area contributed by atoms with Crippen LogP contribution in [-0.2, 0) is 0 Å². The lowest BCUT2D eigenvalue weighted by Gasteiger charge is -2.09. The number of carbonyl (C=O) groups excluding carboxylic acids is 2. The summed E-state index contributed by atoms with van der Waals surface area (Å²) in [5, 5.41) is 0. The Morgan fingerprint density at radius 3 is 1.81 bits per heavy atom. The number of unbranched alkanes of at least 4 members (excludes halogenated alkanes) is 1. The summed E-state index contributed by atoms with van der Waals surface area (Å²) in [4.78, 5) is 24.2. The number of rotatable bonds is 9. The van der Waals surface area contributed by atoms with Gasteiger partial charge in [-0.2, -0.15) is 0 Å². The molecule has 2 N–H and O–H groups in total. The van der Waals surface area contributed by atoms with Crippen molar-refractivity contribution in [1.82, 2.24) is 10.9 Å². The van der Waals surface area contributed by atoms with Gasteiger partial charge >= 0.3 is 0 Å². The molecule has 0 saturated carbocycles. The fraction of sp³-hybridized carbons (Fsp3) is 0.238. The molecule has 0 aliphatic carbocycles. The fourth-order valence-corrected chi connectivity index (χ4v) is 2.15. The molecular weight excluding hydrogens is 344 g/mol. The molecule has 0 spiro atoms. The van der Waals surface area contributed by atoms with Crippen molar-refractivity contribution in [2.24, 2.45) is 0 Å². The van der Waals surface area contributed by atoms with E-state index in [4.69, 9.17) is 9.47 Å². The Hall–Kier alpha value is -3.28. The third kappa shape index (κ3) is 6.51. The predicted octanol–water partition coefficient (Wildman–Crippen LogP) is 3.51. The maximum Gasteiger partial charge on any atom is 0.269 e. The maximum atomic E-state index is 12.1. The summed E-state index contributed by atoms with van der Waals surface area (Å²) >= 11 is 0. The lowest BCUT2D eigenvalue weighted by atomic mass is 10.2. The van der Waals surface area contributed by atoms with Crippen LogP contribution in [0.1, 0.15) is 40.5 Å². The molecule has 0 aromatic heterocycles. The summed E-state index contributed by atoms with van der Waals surface area (Å²) in [5.41, 5.74) is 5.61. The van der Waals surface area contributed by atoms with Gasteiger partial charge in [0.2, 0.25) is 0 Å². The van der Waals surface area contributed by atoms with Crippen molar-refractivity contribution in [3.63, 3.8) is 0 Å². The first-order valence-corrected chi connectivity index (χ1v) is 8.81. The molecule has 2 aromatic carbocycles. The first kappa shape index (κ1) is 20.0. The zero-order valence-electron chi connectivity index (χ0n) is 15.4. The van der Waals surface area contributed by atoms with Gasteiger partial charge in [0.15, 0.2) is 0 Å². The van der Waals surface area contributed by atoms with Gasteiger partial charge in [-0.1, -0.05) is 26.0 Å². The summed E-state index contributed by atoms with van der Waals surface area (Å²) in [6.45, 7) is 6.71. The second-order valence-corrected chi connectivity index (χ2v) is 5.76. The number of nitrogens with one attached hydrogen (secondary N) is 2. The number of benzene rings is 2.